The van der Waals surface area contributed by atoms with E-state index in [9.17, 15) is 0 Å². The lowest BCUT2D eigenvalue weighted by Crippen LogP contribution is -2.35. The summed E-state index contributed by atoms with van der Waals surface area (Å²) >= 11 is 3.55. The molecule has 0 unspecified atom stereocenters. The van der Waals surface area contributed by atoms with E-state index in [1.54, 1.807) is 0 Å². The summed E-state index contributed by atoms with van der Waals surface area (Å²) in [5, 5.41) is 3.51. The summed E-state index contributed by atoms with van der Waals surface area (Å²) in [6, 6.07) is 3.37. The van der Waals surface area contributed by atoms with Crippen molar-refractivity contribution in [2.45, 2.75) is 65.1 Å². The van der Waals surface area contributed by atoms with Gasteiger partial charge in [0.05, 0.1) is 0 Å². The lowest BCUT2D eigenvalue weighted by atomic mass is 10.1. The lowest BCUT2D eigenvalue weighted by molar-refractivity contribution is 0.576. The van der Waals surface area contributed by atoms with Crippen LogP contribution in [0, 0.1) is 0 Å². The van der Waals surface area contributed by atoms with Crippen LogP contribution in [0.5, 0.6) is 0 Å². The van der Waals surface area contributed by atoms with E-state index < -0.39 is 0 Å². The summed E-state index contributed by atoms with van der Waals surface area (Å²) in [6.45, 7) is 8.51. The number of halogens is 1. The fraction of sp³-hybridized carbons (Fsp3) is 0.688. The fourth-order valence-corrected chi connectivity index (χ4v) is 3.35. The minimum Gasteiger partial charge on any atom is -0.354 e. The Labute approximate surface area is 131 Å². The first-order valence-corrected chi connectivity index (χ1v) is 8.55. The molecule has 112 valence electrons. The number of aromatic nitrogens is 1. The van der Waals surface area contributed by atoms with E-state index >= 15 is 0 Å². The Morgan fingerprint density at radius 1 is 1.40 bits per heavy atom. The Kier molecular flexibility index (Phi) is 5.85. The first kappa shape index (κ1) is 15.8. The highest BCUT2D eigenvalue weighted by atomic mass is 79.9. The van der Waals surface area contributed by atoms with Crippen molar-refractivity contribution in [2.24, 2.45) is 0 Å². The molecule has 0 aromatic carbocycles. The molecule has 1 saturated carbocycles. The zero-order valence-electron chi connectivity index (χ0n) is 12.8. The highest BCUT2D eigenvalue weighted by Gasteiger charge is 2.24. The second kappa shape index (κ2) is 7.41. The van der Waals surface area contributed by atoms with Gasteiger partial charge in [0.2, 0.25) is 0 Å². The Bertz CT molecular complexity index is 428. The van der Waals surface area contributed by atoms with Crippen LogP contribution in [0.25, 0.3) is 0 Å². The van der Waals surface area contributed by atoms with E-state index in [4.69, 9.17) is 4.98 Å². The largest absolute Gasteiger partial charge is 0.354 e. The maximum absolute atomic E-state index is 4.71. The first-order valence-electron chi connectivity index (χ1n) is 7.76. The molecule has 20 heavy (non-hydrogen) atoms. The first-order chi connectivity index (χ1) is 9.61. The van der Waals surface area contributed by atoms with Crippen LogP contribution in [0.2, 0.25) is 0 Å². The Hall–Kier alpha value is -0.610. The Balaban J connectivity index is 2.23. The Morgan fingerprint density at radius 3 is 2.70 bits per heavy atom. The normalized spacial score (nSPS) is 16.1. The molecule has 3 nitrogen and oxygen atoms in total. The molecule has 1 aliphatic carbocycles. The maximum Gasteiger partial charge on any atom is 0.133 e. The second-order valence-electron chi connectivity index (χ2n) is 5.90. The molecule has 0 saturated heterocycles. The molecule has 1 heterocycles. The molecule has 0 radical (unpaired) electrons. The molecular formula is C16H26BrN3. The van der Waals surface area contributed by atoms with Crippen LogP contribution in [0.3, 0.4) is 0 Å². The van der Waals surface area contributed by atoms with Gasteiger partial charge < -0.3 is 10.2 Å². The minimum atomic E-state index is 0.489. The molecule has 0 aliphatic heterocycles. The van der Waals surface area contributed by atoms with Gasteiger partial charge in [0.1, 0.15) is 5.82 Å². The molecule has 1 fully saturated rings. The van der Waals surface area contributed by atoms with Crippen molar-refractivity contribution in [3.8, 4) is 0 Å². The monoisotopic (exact) mass is 339 g/mol. The molecular weight excluding hydrogens is 314 g/mol. The van der Waals surface area contributed by atoms with Gasteiger partial charge in [-0.15, -0.1) is 0 Å². The van der Waals surface area contributed by atoms with E-state index in [1.165, 1.54) is 31.2 Å². The molecule has 0 spiro atoms. The van der Waals surface area contributed by atoms with Gasteiger partial charge in [0, 0.05) is 41.4 Å². The van der Waals surface area contributed by atoms with E-state index in [0.717, 1.165) is 23.4 Å². The van der Waals surface area contributed by atoms with E-state index in [0.29, 0.717) is 12.1 Å². The van der Waals surface area contributed by atoms with E-state index in [-0.39, 0.29) is 0 Å². The smallest absolute Gasteiger partial charge is 0.133 e. The third kappa shape index (κ3) is 3.95. The molecule has 1 N–H and O–H groups in total. The summed E-state index contributed by atoms with van der Waals surface area (Å²) in [4.78, 5) is 7.21. The summed E-state index contributed by atoms with van der Waals surface area (Å²) in [6.07, 6.45) is 7.26. The van der Waals surface area contributed by atoms with Crippen LogP contribution in [-0.4, -0.2) is 23.6 Å². The van der Waals surface area contributed by atoms with Gasteiger partial charge in [0.15, 0.2) is 0 Å². The second-order valence-corrected chi connectivity index (χ2v) is 6.81. The van der Waals surface area contributed by atoms with Crippen LogP contribution in [0.4, 0.5) is 5.82 Å². The van der Waals surface area contributed by atoms with Gasteiger partial charge in [-0.05, 0) is 41.8 Å². The number of rotatable bonds is 6. The van der Waals surface area contributed by atoms with Gasteiger partial charge in [0.25, 0.3) is 0 Å². The number of nitrogens with zero attached hydrogens (tertiary/aromatic N) is 2. The minimum absolute atomic E-state index is 0.489. The third-order valence-corrected chi connectivity index (χ3v) is 4.42. The number of anilines is 1. The average molecular weight is 340 g/mol. The van der Waals surface area contributed by atoms with E-state index in [2.05, 4.69) is 53.0 Å². The zero-order valence-corrected chi connectivity index (χ0v) is 14.4. The highest BCUT2D eigenvalue weighted by molar-refractivity contribution is 9.10. The van der Waals surface area contributed by atoms with Crippen LogP contribution in [-0.2, 0) is 6.54 Å². The van der Waals surface area contributed by atoms with Crippen molar-refractivity contribution in [1.29, 1.82) is 0 Å². The molecule has 0 bridgehead atoms. The SMILES string of the molecule is CCN(c1ncc(Br)cc1CNC(C)C)C1CCCC1. The highest BCUT2D eigenvalue weighted by Crippen LogP contribution is 2.30. The summed E-state index contributed by atoms with van der Waals surface area (Å²) in [5.41, 5.74) is 1.29. The van der Waals surface area contributed by atoms with Crippen molar-refractivity contribution in [1.82, 2.24) is 10.3 Å². The maximum atomic E-state index is 4.71. The van der Waals surface area contributed by atoms with E-state index in [1.807, 2.05) is 6.20 Å². The van der Waals surface area contributed by atoms with Crippen molar-refractivity contribution >= 4 is 21.7 Å². The molecule has 4 heteroatoms. The molecule has 2 rings (SSSR count). The number of hydrogen-bond acceptors (Lipinski definition) is 3. The predicted molar refractivity (Wildman–Crippen MR) is 89.2 cm³/mol. The summed E-state index contributed by atoms with van der Waals surface area (Å²) in [7, 11) is 0. The summed E-state index contributed by atoms with van der Waals surface area (Å²) < 4.78 is 1.06. The number of pyridine rings is 1. The summed E-state index contributed by atoms with van der Waals surface area (Å²) in [5.74, 6) is 1.16. The van der Waals surface area contributed by atoms with Crippen LogP contribution in [0.15, 0.2) is 16.7 Å². The van der Waals surface area contributed by atoms with Gasteiger partial charge in [-0.1, -0.05) is 26.7 Å². The molecule has 0 amide bonds. The van der Waals surface area contributed by atoms with Crippen molar-refractivity contribution in [3.63, 3.8) is 0 Å². The lowest BCUT2D eigenvalue weighted by Gasteiger charge is -2.31. The molecule has 0 atom stereocenters. The molecule has 1 aromatic rings. The quantitative estimate of drug-likeness (QED) is 0.845. The topological polar surface area (TPSA) is 28.2 Å². The van der Waals surface area contributed by atoms with Gasteiger partial charge >= 0.3 is 0 Å². The number of nitrogens with one attached hydrogen (secondary N) is 1. The Morgan fingerprint density at radius 2 is 2.10 bits per heavy atom. The van der Waals surface area contributed by atoms with Gasteiger partial charge in [-0.2, -0.15) is 0 Å². The van der Waals surface area contributed by atoms with Crippen molar-refractivity contribution < 1.29 is 0 Å². The predicted octanol–water partition coefficient (Wildman–Crippen LogP) is 4.11. The van der Waals surface area contributed by atoms with Crippen LogP contribution in [0.1, 0.15) is 52.0 Å². The molecule has 1 aliphatic rings. The average Bonchev–Trinajstić information content (AvgIpc) is 2.93. The van der Waals surface area contributed by atoms with Crippen LogP contribution >= 0.6 is 15.9 Å². The van der Waals surface area contributed by atoms with Gasteiger partial charge in [-0.3, -0.25) is 0 Å². The standard InChI is InChI=1S/C16H26BrN3/c1-4-20(15-7-5-6-8-15)16-13(10-18-12(2)3)9-14(17)11-19-16/h9,11-12,15,18H,4-8,10H2,1-3H3. The molecule has 1 aromatic heterocycles. The fourth-order valence-electron chi connectivity index (χ4n) is 2.97. The zero-order chi connectivity index (χ0) is 14.5. The van der Waals surface area contributed by atoms with Gasteiger partial charge in [-0.25, -0.2) is 4.98 Å². The van der Waals surface area contributed by atoms with Crippen molar-refractivity contribution in [3.05, 3.63) is 22.3 Å². The number of hydrogen-bond donors (Lipinski definition) is 1. The third-order valence-electron chi connectivity index (χ3n) is 3.99. The van der Waals surface area contributed by atoms with Crippen molar-refractivity contribution in [2.75, 3.05) is 11.4 Å². The van der Waals surface area contributed by atoms with Crippen LogP contribution < -0.4 is 10.2 Å².